The van der Waals surface area contributed by atoms with Crippen molar-refractivity contribution in [2.45, 2.75) is 44.9 Å². The molecule has 1 unspecified atom stereocenters. The van der Waals surface area contributed by atoms with Crippen LogP contribution in [-0.4, -0.2) is 42.8 Å². The standard InChI is InChI=1S/C26H32N2O5/c1-2-9-18(25(30)31)16-28-24(29)14-7-8-15-27-26(32)33-17-23-21-12-5-3-10-19(21)20-11-4-6-13-22(20)23/h3-6,10-13,18,23H,2,7-9,14-17H2,1H3,(H,27,32)(H,28,29)(H,30,31). The molecule has 0 aromatic heterocycles. The van der Waals surface area contributed by atoms with Crippen molar-refractivity contribution in [3.63, 3.8) is 0 Å². The maximum absolute atomic E-state index is 12.2. The van der Waals surface area contributed by atoms with Crippen LogP contribution in [-0.2, 0) is 14.3 Å². The van der Waals surface area contributed by atoms with Gasteiger partial charge >= 0.3 is 12.1 Å². The van der Waals surface area contributed by atoms with E-state index in [4.69, 9.17) is 9.84 Å². The van der Waals surface area contributed by atoms with Gasteiger partial charge in [-0.3, -0.25) is 9.59 Å². The lowest BCUT2D eigenvalue weighted by molar-refractivity contribution is -0.141. The molecule has 0 spiro atoms. The Bertz CT molecular complexity index is 929. The molecule has 0 radical (unpaired) electrons. The van der Waals surface area contributed by atoms with E-state index >= 15 is 0 Å². The zero-order valence-corrected chi connectivity index (χ0v) is 19.0. The number of ether oxygens (including phenoxy) is 1. The summed E-state index contributed by atoms with van der Waals surface area (Å²) in [7, 11) is 0. The first kappa shape index (κ1) is 24.3. The van der Waals surface area contributed by atoms with E-state index in [1.165, 1.54) is 22.3 Å². The van der Waals surface area contributed by atoms with Gasteiger partial charge in [0.05, 0.1) is 5.92 Å². The van der Waals surface area contributed by atoms with Gasteiger partial charge in [-0.25, -0.2) is 4.79 Å². The van der Waals surface area contributed by atoms with Crippen LogP contribution >= 0.6 is 0 Å². The third-order valence-corrected chi connectivity index (χ3v) is 5.98. The molecule has 176 valence electrons. The minimum atomic E-state index is -0.885. The third kappa shape index (κ3) is 6.57. The van der Waals surface area contributed by atoms with E-state index in [1.54, 1.807) is 0 Å². The molecule has 1 aliphatic rings. The van der Waals surface area contributed by atoms with Gasteiger partial charge in [0.1, 0.15) is 6.61 Å². The summed E-state index contributed by atoms with van der Waals surface area (Å²) >= 11 is 0. The average Bonchev–Trinajstić information content (AvgIpc) is 3.13. The summed E-state index contributed by atoms with van der Waals surface area (Å²) in [5.74, 6) is -1.58. The van der Waals surface area contributed by atoms with Crippen molar-refractivity contribution in [2.24, 2.45) is 5.92 Å². The number of nitrogens with one attached hydrogen (secondary N) is 2. The predicted molar refractivity (Wildman–Crippen MR) is 126 cm³/mol. The molecule has 1 aliphatic carbocycles. The molecule has 2 aromatic carbocycles. The van der Waals surface area contributed by atoms with Crippen LogP contribution < -0.4 is 10.6 Å². The fourth-order valence-corrected chi connectivity index (χ4v) is 4.24. The smallest absolute Gasteiger partial charge is 0.407 e. The zero-order valence-electron chi connectivity index (χ0n) is 19.0. The normalized spacial score (nSPS) is 13.0. The summed E-state index contributed by atoms with van der Waals surface area (Å²) < 4.78 is 5.49. The van der Waals surface area contributed by atoms with Gasteiger partial charge in [0, 0.05) is 25.4 Å². The van der Waals surface area contributed by atoms with E-state index in [2.05, 4.69) is 34.9 Å². The van der Waals surface area contributed by atoms with Crippen molar-refractivity contribution in [3.8, 4) is 11.1 Å². The lowest BCUT2D eigenvalue weighted by atomic mass is 9.98. The summed E-state index contributed by atoms with van der Waals surface area (Å²) in [5.41, 5.74) is 4.71. The Kier molecular flexibility index (Phi) is 8.87. The lowest BCUT2D eigenvalue weighted by Crippen LogP contribution is -2.33. The summed E-state index contributed by atoms with van der Waals surface area (Å²) in [4.78, 5) is 35.2. The highest BCUT2D eigenvalue weighted by Crippen LogP contribution is 2.44. The van der Waals surface area contributed by atoms with Gasteiger partial charge in [-0.2, -0.15) is 0 Å². The first-order chi connectivity index (χ1) is 16.0. The number of carboxylic acids is 1. The molecule has 1 atom stereocenters. The number of aliphatic carboxylic acids is 1. The Morgan fingerprint density at radius 2 is 1.61 bits per heavy atom. The van der Waals surface area contributed by atoms with Crippen molar-refractivity contribution < 1.29 is 24.2 Å². The van der Waals surface area contributed by atoms with Crippen LogP contribution in [0.2, 0.25) is 0 Å². The fraction of sp³-hybridized carbons (Fsp3) is 0.423. The molecule has 2 aromatic rings. The number of hydrogen-bond donors (Lipinski definition) is 3. The number of hydrogen-bond acceptors (Lipinski definition) is 4. The van der Waals surface area contributed by atoms with Gasteiger partial charge in [-0.15, -0.1) is 0 Å². The molecule has 7 heteroatoms. The molecule has 0 saturated heterocycles. The van der Waals surface area contributed by atoms with E-state index in [0.717, 1.165) is 6.42 Å². The van der Waals surface area contributed by atoms with Crippen molar-refractivity contribution in [3.05, 3.63) is 59.7 Å². The first-order valence-corrected chi connectivity index (χ1v) is 11.6. The number of amides is 2. The van der Waals surface area contributed by atoms with E-state index in [-0.39, 0.29) is 25.0 Å². The Balaban J connectivity index is 1.34. The second kappa shape index (κ2) is 12.0. The SMILES string of the molecule is CCCC(CNC(=O)CCCCNC(=O)OCC1c2ccccc2-c2ccccc21)C(=O)O. The highest BCUT2D eigenvalue weighted by Gasteiger charge is 2.28. The first-order valence-electron chi connectivity index (χ1n) is 11.6. The fourth-order valence-electron chi connectivity index (χ4n) is 4.24. The van der Waals surface area contributed by atoms with Crippen LogP contribution in [0.1, 0.15) is 56.1 Å². The minimum Gasteiger partial charge on any atom is -0.481 e. The summed E-state index contributed by atoms with van der Waals surface area (Å²) in [6, 6.07) is 16.4. The van der Waals surface area contributed by atoms with Gasteiger partial charge in [0.25, 0.3) is 0 Å². The molecule has 0 heterocycles. The molecular weight excluding hydrogens is 420 g/mol. The van der Waals surface area contributed by atoms with Crippen LogP contribution in [0.15, 0.2) is 48.5 Å². The van der Waals surface area contributed by atoms with Crippen LogP contribution in [0.4, 0.5) is 4.79 Å². The molecule has 7 nitrogen and oxygen atoms in total. The number of rotatable bonds is 12. The Labute approximate surface area is 194 Å². The van der Waals surface area contributed by atoms with Crippen LogP contribution in [0.5, 0.6) is 0 Å². The second-order valence-corrected chi connectivity index (χ2v) is 8.34. The van der Waals surface area contributed by atoms with Crippen molar-refractivity contribution >= 4 is 18.0 Å². The molecule has 0 aliphatic heterocycles. The number of benzene rings is 2. The predicted octanol–water partition coefficient (Wildman–Crippen LogP) is 4.31. The Morgan fingerprint density at radius 1 is 0.970 bits per heavy atom. The number of carboxylic acid groups (broad SMARTS) is 1. The highest BCUT2D eigenvalue weighted by atomic mass is 16.5. The molecule has 0 saturated carbocycles. The third-order valence-electron chi connectivity index (χ3n) is 5.98. The molecule has 3 rings (SSSR count). The molecule has 3 N–H and O–H groups in total. The van der Waals surface area contributed by atoms with Gasteiger partial charge in [0.2, 0.25) is 5.91 Å². The number of unbranched alkanes of at least 4 members (excludes halogenated alkanes) is 1. The van der Waals surface area contributed by atoms with Gasteiger partial charge in [-0.1, -0.05) is 61.9 Å². The summed E-state index contributed by atoms with van der Waals surface area (Å²) in [6.07, 6.45) is 2.36. The maximum atomic E-state index is 12.2. The van der Waals surface area contributed by atoms with E-state index in [0.29, 0.717) is 32.2 Å². The van der Waals surface area contributed by atoms with E-state index < -0.39 is 18.0 Å². The summed E-state index contributed by atoms with van der Waals surface area (Å²) in [5, 5.41) is 14.5. The number of fused-ring (bicyclic) bond motifs is 3. The molecule has 33 heavy (non-hydrogen) atoms. The molecule has 0 fully saturated rings. The number of alkyl carbamates (subject to hydrolysis) is 1. The Hall–Kier alpha value is -3.35. The lowest BCUT2D eigenvalue weighted by Gasteiger charge is -2.14. The van der Waals surface area contributed by atoms with Gasteiger partial charge < -0.3 is 20.5 Å². The van der Waals surface area contributed by atoms with Gasteiger partial charge in [-0.05, 0) is 41.5 Å². The largest absolute Gasteiger partial charge is 0.481 e. The number of carbonyl (C=O) groups is 3. The average molecular weight is 453 g/mol. The van der Waals surface area contributed by atoms with Crippen molar-refractivity contribution in [2.75, 3.05) is 19.7 Å². The van der Waals surface area contributed by atoms with E-state index in [9.17, 15) is 14.4 Å². The summed E-state index contributed by atoms with van der Waals surface area (Å²) in [6.45, 7) is 2.75. The monoisotopic (exact) mass is 452 g/mol. The zero-order chi connectivity index (χ0) is 23.6. The molecular formula is C26H32N2O5. The van der Waals surface area contributed by atoms with Crippen LogP contribution in [0.3, 0.4) is 0 Å². The minimum absolute atomic E-state index is 0.0224. The quantitative estimate of drug-likeness (QED) is 0.416. The van der Waals surface area contributed by atoms with Crippen LogP contribution in [0, 0.1) is 5.92 Å². The topological polar surface area (TPSA) is 105 Å². The molecule has 0 bridgehead atoms. The second-order valence-electron chi connectivity index (χ2n) is 8.34. The number of carbonyl (C=O) groups excluding carboxylic acids is 2. The Morgan fingerprint density at radius 3 is 2.21 bits per heavy atom. The highest BCUT2D eigenvalue weighted by molar-refractivity contribution is 5.79. The van der Waals surface area contributed by atoms with E-state index in [1.807, 2.05) is 31.2 Å². The van der Waals surface area contributed by atoms with Crippen LogP contribution in [0.25, 0.3) is 11.1 Å². The maximum Gasteiger partial charge on any atom is 0.407 e. The van der Waals surface area contributed by atoms with Crippen molar-refractivity contribution in [1.29, 1.82) is 0 Å². The van der Waals surface area contributed by atoms with Crippen molar-refractivity contribution in [1.82, 2.24) is 10.6 Å². The van der Waals surface area contributed by atoms with Gasteiger partial charge in [0.15, 0.2) is 0 Å². The molecule has 2 amide bonds.